The summed E-state index contributed by atoms with van der Waals surface area (Å²) in [6, 6.07) is 0. The average molecular weight is 384 g/mol. The van der Waals surface area contributed by atoms with Crippen LogP contribution in [0.2, 0.25) is 16.6 Å². The highest BCUT2D eigenvalue weighted by molar-refractivity contribution is 6.77. The number of Topliss-reactive ketones (excluding diaryl/α,β-unsaturated/α-hetero) is 1. The molecule has 0 unspecified atom stereocenters. The van der Waals surface area contributed by atoms with E-state index in [2.05, 4.69) is 41.5 Å². The summed E-state index contributed by atoms with van der Waals surface area (Å²) in [5.74, 6) is -0.00897. The van der Waals surface area contributed by atoms with Gasteiger partial charge in [0.2, 0.25) is 8.32 Å². The molecule has 26 heavy (non-hydrogen) atoms. The number of ketones is 1. The van der Waals surface area contributed by atoms with Crippen LogP contribution >= 0.6 is 0 Å². The molecule has 2 rings (SSSR count). The number of hydroxylamine groups is 2. The second-order valence-electron chi connectivity index (χ2n) is 8.94. The van der Waals surface area contributed by atoms with E-state index in [-0.39, 0.29) is 11.7 Å². The fraction of sp³-hybridized carbons (Fsp3) is 0.900. The molecular weight excluding hydrogens is 346 g/mol. The van der Waals surface area contributed by atoms with Crippen molar-refractivity contribution in [2.75, 3.05) is 7.11 Å². The van der Waals surface area contributed by atoms with Gasteiger partial charge in [0.1, 0.15) is 11.6 Å². The van der Waals surface area contributed by atoms with Crippen molar-refractivity contribution in [2.45, 2.75) is 108 Å². The molecule has 6 heteroatoms. The van der Waals surface area contributed by atoms with Gasteiger partial charge >= 0.3 is 0 Å². The molecule has 0 N–H and O–H groups in total. The molecule has 1 aliphatic heterocycles. The van der Waals surface area contributed by atoms with Gasteiger partial charge in [-0.05, 0) is 42.3 Å². The van der Waals surface area contributed by atoms with Crippen molar-refractivity contribution in [1.29, 1.82) is 0 Å². The lowest BCUT2D eigenvalue weighted by Gasteiger charge is -2.51. The molecule has 0 aromatic carbocycles. The van der Waals surface area contributed by atoms with Crippen molar-refractivity contribution in [2.24, 2.45) is 0 Å². The Morgan fingerprint density at radius 3 is 2.04 bits per heavy atom. The zero-order valence-corrected chi connectivity index (χ0v) is 18.6. The summed E-state index contributed by atoms with van der Waals surface area (Å²) in [4.78, 5) is 31.5. The van der Waals surface area contributed by atoms with E-state index in [1.807, 2.05) is 0 Å². The van der Waals surface area contributed by atoms with Crippen molar-refractivity contribution in [3.05, 3.63) is 0 Å². The first-order chi connectivity index (χ1) is 12.1. The maximum Gasteiger partial charge on any atom is 0.274 e. The van der Waals surface area contributed by atoms with Gasteiger partial charge in [-0.15, -0.1) is 0 Å². The minimum atomic E-state index is -2.17. The Balaban J connectivity index is 2.30. The van der Waals surface area contributed by atoms with Crippen LogP contribution in [0.1, 0.15) is 80.1 Å². The molecule has 0 aromatic heterocycles. The molecule has 150 valence electrons. The summed E-state index contributed by atoms with van der Waals surface area (Å²) in [5, 5.41) is 1.38. The Bertz CT molecular complexity index is 512. The summed E-state index contributed by atoms with van der Waals surface area (Å²) >= 11 is 0. The van der Waals surface area contributed by atoms with E-state index in [1.165, 1.54) is 12.2 Å². The lowest BCUT2D eigenvalue weighted by atomic mass is 9.74. The molecule has 1 aliphatic carbocycles. The summed E-state index contributed by atoms with van der Waals surface area (Å²) < 4.78 is 6.73. The zero-order valence-electron chi connectivity index (χ0n) is 17.6. The van der Waals surface area contributed by atoms with Crippen molar-refractivity contribution in [3.63, 3.8) is 0 Å². The smallest absolute Gasteiger partial charge is 0.274 e. The molecule has 1 spiro atoms. The Kier molecular flexibility index (Phi) is 6.73. The molecule has 5 nitrogen and oxygen atoms in total. The summed E-state index contributed by atoms with van der Waals surface area (Å²) in [6.45, 7) is 13.3. The number of piperidine rings is 1. The predicted octanol–water partition coefficient (Wildman–Crippen LogP) is 4.61. The number of hydrogen-bond acceptors (Lipinski definition) is 4. The quantitative estimate of drug-likeness (QED) is 0.628. The fourth-order valence-electron chi connectivity index (χ4n) is 5.52. The molecule has 0 aromatic rings. The normalized spacial score (nSPS) is 28.1. The van der Waals surface area contributed by atoms with Crippen LogP contribution in [0.4, 0.5) is 0 Å². The molecule has 2 fully saturated rings. The van der Waals surface area contributed by atoms with Crippen LogP contribution in [0.15, 0.2) is 0 Å². The predicted molar refractivity (Wildman–Crippen MR) is 105 cm³/mol. The zero-order chi connectivity index (χ0) is 19.7. The Morgan fingerprint density at radius 1 is 1.00 bits per heavy atom. The number of carbonyl (C=O) groups excluding carboxylic acids is 2. The minimum absolute atomic E-state index is 0.150. The second kappa shape index (κ2) is 8.11. The topological polar surface area (TPSA) is 55.8 Å². The number of hydrogen-bond donors (Lipinski definition) is 0. The molecule has 1 saturated carbocycles. The van der Waals surface area contributed by atoms with Gasteiger partial charge in [-0.2, -0.15) is 0 Å². The largest absolute Gasteiger partial charge is 0.404 e. The van der Waals surface area contributed by atoms with Gasteiger partial charge in [0.15, 0.2) is 5.78 Å². The molecular formula is C20H37NO4Si. The summed E-state index contributed by atoms with van der Waals surface area (Å²) in [5.41, 5.74) is 0.484. The van der Waals surface area contributed by atoms with E-state index < -0.39 is 20.0 Å². The highest BCUT2D eigenvalue weighted by Gasteiger charge is 2.55. The molecule has 2 atom stereocenters. The summed E-state index contributed by atoms with van der Waals surface area (Å²) in [7, 11) is -0.663. The maximum atomic E-state index is 13.3. The number of nitrogens with zero attached hydrogens (tertiary/aromatic N) is 1. The van der Waals surface area contributed by atoms with E-state index in [4.69, 9.17) is 9.26 Å². The third-order valence-electron chi connectivity index (χ3n) is 6.68. The molecule has 1 amide bonds. The standard InChI is InChI=1S/C20H37NO4Si/c1-14(2)26(15(3)4,16(5)6)25-17-11-13-20(21(24-7)19(17)23)12-9-8-10-18(20)22/h14-17H,8-13H2,1-7H3/t17-,20+/m1/s1. The van der Waals surface area contributed by atoms with Crippen molar-refractivity contribution >= 4 is 20.0 Å². The van der Waals surface area contributed by atoms with Crippen LogP contribution < -0.4 is 0 Å². The van der Waals surface area contributed by atoms with Gasteiger partial charge in [-0.1, -0.05) is 48.0 Å². The van der Waals surface area contributed by atoms with Crippen molar-refractivity contribution in [3.8, 4) is 0 Å². The van der Waals surface area contributed by atoms with E-state index in [9.17, 15) is 9.59 Å². The molecule has 1 heterocycles. The van der Waals surface area contributed by atoms with Crippen LogP contribution in [0.25, 0.3) is 0 Å². The Hall–Kier alpha value is -0.723. The van der Waals surface area contributed by atoms with Crippen LogP contribution in [-0.4, -0.2) is 43.8 Å². The lowest BCUT2D eigenvalue weighted by molar-refractivity contribution is -0.230. The lowest BCUT2D eigenvalue weighted by Crippen LogP contribution is -2.65. The van der Waals surface area contributed by atoms with Gasteiger partial charge in [0.05, 0.1) is 7.11 Å². The van der Waals surface area contributed by atoms with E-state index in [0.717, 1.165) is 12.8 Å². The van der Waals surface area contributed by atoms with Crippen LogP contribution in [0.5, 0.6) is 0 Å². The molecule has 1 saturated heterocycles. The van der Waals surface area contributed by atoms with E-state index in [0.29, 0.717) is 42.3 Å². The van der Waals surface area contributed by atoms with Crippen LogP contribution in [0, 0.1) is 0 Å². The van der Waals surface area contributed by atoms with Gasteiger partial charge in [-0.3, -0.25) is 14.4 Å². The monoisotopic (exact) mass is 383 g/mol. The minimum Gasteiger partial charge on any atom is -0.404 e. The van der Waals surface area contributed by atoms with Crippen molar-refractivity contribution in [1.82, 2.24) is 5.06 Å². The van der Waals surface area contributed by atoms with Crippen LogP contribution in [0.3, 0.4) is 0 Å². The van der Waals surface area contributed by atoms with Gasteiger partial charge < -0.3 is 4.43 Å². The molecule has 2 aliphatic rings. The number of amides is 1. The van der Waals surface area contributed by atoms with Gasteiger partial charge in [0, 0.05) is 6.42 Å². The highest BCUT2D eigenvalue weighted by Crippen LogP contribution is 2.46. The molecule has 0 radical (unpaired) electrons. The SMILES string of the molecule is CON1C(=O)[C@H](O[Si](C(C)C)(C(C)C)C(C)C)CC[C@]12CCCCC2=O. The fourth-order valence-corrected chi connectivity index (χ4v) is 11.0. The first-order valence-electron chi connectivity index (χ1n) is 10.2. The van der Waals surface area contributed by atoms with E-state index >= 15 is 0 Å². The van der Waals surface area contributed by atoms with Crippen molar-refractivity contribution < 1.29 is 18.9 Å². The Labute approximate surface area is 159 Å². The first kappa shape index (κ1) is 21.6. The van der Waals surface area contributed by atoms with Gasteiger partial charge in [-0.25, -0.2) is 5.06 Å². The summed E-state index contributed by atoms with van der Waals surface area (Å²) in [6.07, 6.45) is 3.90. The molecule has 0 bridgehead atoms. The third kappa shape index (κ3) is 3.40. The number of carbonyl (C=O) groups is 2. The second-order valence-corrected chi connectivity index (χ2v) is 14.3. The third-order valence-corrected chi connectivity index (χ3v) is 12.8. The first-order valence-corrected chi connectivity index (χ1v) is 12.4. The number of rotatable bonds is 6. The highest BCUT2D eigenvalue weighted by atomic mass is 28.4. The Morgan fingerprint density at radius 2 is 1.58 bits per heavy atom. The maximum absolute atomic E-state index is 13.3. The van der Waals surface area contributed by atoms with E-state index in [1.54, 1.807) is 0 Å². The average Bonchev–Trinajstić information content (AvgIpc) is 2.56. The van der Waals surface area contributed by atoms with Crippen LogP contribution in [-0.2, 0) is 18.9 Å². The van der Waals surface area contributed by atoms with Gasteiger partial charge in [0.25, 0.3) is 5.91 Å².